The van der Waals surface area contributed by atoms with E-state index in [0.717, 1.165) is 12.5 Å². The molecule has 0 unspecified atom stereocenters. The summed E-state index contributed by atoms with van der Waals surface area (Å²) in [6.45, 7) is 2.89. The van der Waals surface area contributed by atoms with Gasteiger partial charge in [0.2, 0.25) is 0 Å². The molecule has 1 heteroatoms. The minimum Gasteiger partial charge on any atom is -0.380 e. The molecule has 0 spiro atoms. The Morgan fingerprint density at radius 2 is 2.15 bits per heavy atom. The van der Waals surface area contributed by atoms with E-state index in [1.54, 1.807) is 7.11 Å². The molecular formula is C12H16O. The monoisotopic (exact) mass is 176 g/mol. The number of hydrogen-bond donors (Lipinski definition) is 0. The summed E-state index contributed by atoms with van der Waals surface area (Å²) >= 11 is 0. The minimum absolute atomic E-state index is 0.742. The topological polar surface area (TPSA) is 9.23 Å². The largest absolute Gasteiger partial charge is 0.380 e. The first kappa shape index (κ1) is 8.76. The number of aryl methyl sites for hydroxylation is 1. The number of rotatable bonds is 3. The fraction of sp³-hybridized carbons (Fsp3) is 0.500. The van der Waals surface area contributed by atoms with Gasteiger partial charge >= 0.3 is 0 Å². The molecule has 0 saturated heterocycles. The standard InChI is InChI=1S/C12H16O/c1-9-3-4-11(10-5-6-10)7-12(9)8-13-2/h3-4,7,10H,5-6,8H2,1-2H3. The fourth-order valence-corrected chi connectivity index (χ4v) is 1.67. The lowest BCUT2D eigenvalue weighted by Crippen LogP contribution is -1.93. The van der Waals surface area contributed by atoms with Crippen LogP contribution in [-0.2, 0) is 11.3 Å². The normalized spacial score (nSPS) is 16.2. The maximum atomic E-state index is 5.16. The van der Waals surface area contributed by atoms with Crippen molar-refractivity contribution in [3.63, 3.8) is 0 Å². The van der Waals surface area contributed by atoms with Crippen molar-refractivity contribution in [1.29, 1.82) is 0 Å². The third kappa shape index (κ3) is 1.92. The van der Waals surface area contributed by atoms with E-state index >= 15 is 0 Å². The van der Waals surface area contributed by atoms with Crippen molar-refractivity contribution in [3.05, 3.63) is 34.9 Å². The van der Waals surface area contributed by atoms with Crippen LogP contribution < -0.4 is 0 Å². The summed E-state index contributed by atoms with van der Waals surface area (Å²) in [7, 11) is 1.75. The van der Waals surface area contributed by atoms with Crippen LogP contribution in [0.15, 0.2) is 18.2 Å². The van der Waals surface area contributed by atoms with E-state index in [-0.39, 0.29) is 0 Å². The highest BCUT2D eigenvalue weighted by molar-refractivity contribution is 5.34. The van der Waals surface area contributed by atoms with Crippen LogP contribution in [-0.4, -0.2) is 7.11 Å². The molecule has 70 valence electrons. The van der Waals surface area contributed by atoms with Gasteiger partial charge in [-0.1, -0.05) is 18.2 Å². The zero-order valence-electron chi connectivity index (χ0n) is 8.34. The van der Waals surface area contributed by atoms with E-state index in [2.05, 4.69) is 25.1 Å². The van der Waals surface area contributed by atoms with Crippen molar-refractivity contribution >= 4 is 0 Å². The Balaban J connectivity index is 2.25. The van der Waals surface area contributed by atoms with Gasteiger partial charge in [-0.05, 0) is 42.4 Å². The molecule has 0 atom stereocenters. The molecule has 2 rings (SSSR count). The van der Waals surface area contributed by atoms with Crippen molar-refractivity contribution in [3.8, 4) is 0 Å². The Hall–Kier alpha value is -0.820. The Morgan fingerprint density at radius 3 is 2.77 bits per heavy atom. The Bertz CT molecular complexity index is 300. The number of benzene rings is 1. The van der Waals surface area contributed by atoms with Crippen LogP contribution in [0.2, 0.25) is 0 Å². The lowest BCUT2D eigenvalue weighted by Gasteiger charge is -2.07. The van der Waals surface area contributed by atoms with Crippen LogP contribution in [0.1, 0.15) is 35.4 Å². The third-order valence-corrected chi connectivity index (χ3v) is 2.72. The number of ether oxygens (including phenoxy) is 1. The molecule has 0 aliphatic heterocycles. The Morgan fingerprint density at radius 1 is 1.38 bits per heavy atom. The summed E-state index contributed by atoms with van der Waals surface area (Å²) in [4.78, 5) is 0. The van der Waals surface area contributed by atoms with Crippen LogP contribution in [0.4, 0.5) is 0 Å². The molecule has 0 N–H and O–H groups in total. The maximum absolute atomic E-state index is 5.16. The molecule has 1 nitrogen and oxygen atoms in total. The van der Waals surface area contributed by atoms with Crippen LogP contribution in [0.3, 0.4) is 0 Å². The molecule has 0 amide bonds. The van der Waals surface area contributed by atoms with Crippen molar-refractivity contribution in [1.82, 2.24) is 0 Å². The van der Waals surface area contributed by atoms with E-state index in [1.807, 2.05) is 0 Å². The molecule has 0 aromatic heterocycles. The van der Waals surface area contributed by atoms with Crippen LogP contribution in [0, 0.1) is 6.92 Å². The zero-order valence-corrected chi connectivity index (χ0v) is 8.34. The first-order valence-electron chi connectivity index (χ1n) is 4.89. The molecule has 1 aliphatic rings. The zero-order chi connectivity index (χ0) is 9.26. The summed E-state index contributed by atoms with van der Waals surface area (Å²) in [6.07, 6.45) is 2.74. The van der Waals surface area contributed by atoms with Crippen LogP contribution in [0.25, 0.3) is 0 Å². The van der Waals surface area contributed by atoms with E-state index in [1.165, 1.54) is 29.5 Å². The summed E-state index contributed by atoms with van der Waals surface area (Å²) in [6, 6.07) is 6.77. The predicted molar refractivity (Wildman–Crippen MR) is 53.9 cm³/mol. The van der Waals surface area contributed by atoms with Gasteiger partial charge in [0.05, 0.1) is 6.61 Å². The second kappa shape index (κ2) is 3.51. The molecule has 1 aliphatic carbocycles. The average Bonchev–Trinajstić information content (AvgIpc) is 2.92. The molecule has 1 aromatic carbocycles. The van der Waals surface area contributed by atoms with Gasteiger partial charge < -0.3 is 4.74 Å². The van der Waals surface area contributed by atoms with Gasteiger partial charge in [0.25, 0.3) is 0 Å². The van der Waals surface area contributed by atoms with Crippen molar-refractivity contribution in [2.24, 2.45) is 0 Å². The van der Waals surface area contributed by atoms with Crippen molar-refractivity contribution in [2.45, 2.75) is 32.3 Å². The molecular weight excluding hydrogens is 160 g/mol. The molecule has 0 radical (unpaired) electrons. The Labute approximate surface area is 79.7 Å². The summed E-state index contributed by atoms with van der Waals surface area (Å²) < 4.78 is 5.16. The second-order valence-electron chi connectivity index (χ2n) is 3.89. The molecule has 13 heavy (non-hydrogen) atoms. The van der Waals surface area contributed by atoms with Gasteiger partial charge in [-0.3, -0.25) is 0 Å². The van der Waals surface area contributed by atoms with Gasteiger partial charge in [-0.2, -0.15) is 0 Å². The summed E-state index contributed by atoms with van der Waals surface area (Å²) in [5.74, 6) is 0.844. The lowest BCUT2D eigenvalue weighted by atomic mass is 10.0. The highest BCUT2D eigenvalue weighted by atomic mass is 16.5. The predicted octanol–water partition coefficient (Wildman–Crippen LogP) is 3.02. The first-order chi connectivity index (χ1) is 6.31. The molecule has 1 aromatic rings. The maximum Gasteiger partial charge on any atom is 0.0715 e. The SMILES string of the molecule is COCc1cc(C2CC2)ccc1C. The fourth-order valence-electron chi connectivity index (χ4n) is 1.67. The average molecular weight is 176 g/mol. The van der Waals surface area contributed by atoms with E-state index in [9.17, 15) is 0 Å². The van der Waals surface area contributed by atoms with Gasteiger partial charge in [0.1, 0.15) is 0 Å². The minimum atomic E-state index is 0.742. The van der Waals surface area contributed by atoms with E-state index < -0.39 is 0 Å². The highest BCUT2D eigenvalue weighted by Gasteiger charge is 2.23. The van der Waals surface area contributed by atoms with Gasteiger partial charge in [-0.15, -0.1) is 0 Å². The molecule has 0 bridgehead atoms. The number of methoxy groups -OCH3 is 1. The van der Waals surface area contributed by atoms with Crippen molar-refractivity contribution in [2.75, 3.05) is 7.11 Å². The Kier molecular flexibility index (Phi) is 2.36. The molecule has 1 saturated carbocycles. The smallest absolute Gasteiger partial charge is 0.0715 e. The highest BCUT2D eigenvalue weighted by Crippen LogP contribution is 2.40. The quantitative estimate of drug-likeness (QED) is 0.688. The summed E-state index contributed by atoms with van der Waals surface area (Å²) in [5.41, 5.74) is 4.18. The van der Waals surface area contributed by atoms with Crippen LogP contribution in [0.5, 0.6) is 0 Å². The van der Waals surface area contributed by atoms with Gasteiger partial charge in [0.15, 0.2) is 0 Å². The number of hydrogen-bond acceptors (Lipinski definition) is 1. The molecule has 1 fully saturated rings. The molecule has 0 heterocycles. The van der Waals surface area contributed by atoms with Gasteiger partial charge in [0, 0.05) is 7.11 Å². The second-order valence-corrected chi connectivity index (χ2v) is 3.89. The van der Waals surface area contributed by atoms with Crippen LogP contribution >= 0.6 is 0 Å². The summed E-state index contributed by atoms with van der Waals surface area (Å²) in [5, 5.41) is 0. The van der Waals surface area contributed by atoms with E-state index in [0.29, 0.717) is 0 Å². The van der Waals surface area contributed by atoms with Crippen molar-refractivity contribution < 1.29 is 4.74 Å². The first-order valence-corrected chi connectivity index (χ1v) is 4.89. The van der Waals surface area contributed by atoms with Gasteiger partial charge in [-0.25, -0.2) is 0 Å². The lowest BCUT2D eigenvalue weighted by molar-refractivity contribution is 0.184. The third-order valence-electron chi connectivity index (χ3n) is 2.72. The van der Waals surface area contributed by atoms with E-state index in [4.69, 9.17) is 4.74 Å².